The first-order valence-electron chi connectivity index (χ1n) is 5.18. The Morgan fingerprint density at radius 3 is 2.59 bits per heavy atom. The summed E-state index contributed by atoms with van der Waals surface area (Å²) >= 11 is 5.62. The molecule has 0 radical (unpaired) electrons. The standard InChI is InChI=1S/C13H11BrINO/c14-11-6-10(7-16-8-11)13(17)5-9-1-3-12(15)4-2-9/h1-4,6-8,13,17H,5H2. The lowest BCUT2D eigenvalue weighted by atomic mass is 10.0. The maximum Gasteiger partial charge on any atom is 0.0845 e. The Morgan fingerprint density at radius 1 is 1.24 bits per heavy atom. The van der Waals surface area contributed by atoms with Crippen molar-refractivity contribution in [3.63, 3.8) is 0 Å². The maximum absolute atomic E-state index is 10.1. The van der Waals surface area contributed by atoms with Gasteiger partial charge in [0, 0.05) is 32.4 Å². The van der Waals surface area contributed by atoms with Crippen LogP contribution in [-0.2, 0) is 6.42 Å². The molecule has 1 aromatic carbocycles. The molecule has 0 fully saturated rings. The van der Waals surface area contributed by atoms with E-state index < -0.39 is 6.10 Å². The molecule has 2 rings (SSSR count). The smallest absolute Gasteiger partial charge is 0.0845 e. The summed E-state index contributed by atoms with van der Waals surface area (Å²) in [5.74, 6) is 0. The third-order valence-corrected chi connectivity index (χ3v) is 3.61. The van der Waals surface area contributed by atoms with Gasteiger partial charge in [-0.15, -0.1) is 0 Å². The average molecular weight is 404 g/mol. The van der Waals surface area contributed by atoms with Crippen LogP contribution in [0.5, 0.6) is 0 Å². The second kappa shape index (κ2) is 5.93. The number of pyridine rings is 1. The van der Waals surface area contributed by atoms with Gasteiger partial charge in [0.25, 0.3) is 0 Å². The van der Waals surface area contributed by atoms with Crippen LogP contribution >= 0.6 is 38.5 Å². The molecule has 0 aliphatic heterocycles. The van der Waals surface area contributed by atoms with Gasteiger partial charge in [-0.1, -0.05) is 12.1 Å². The largest absolute Gasteiger partial charge is 0.388 e. The van der Waals surface area contributed by atoms with E-state index >= 15 is 0 Å². The SMILES string of the molecule is OC(Cc1ccc(I)cc1)c1cncc(Br)c1. The van der Waals surface area contributed by atoms with Crippen LogP contribution in [0.2, 0.25) is 0 Å². The second-order valence-electron chi connectivity index (χ2n) is 3.78. The zero-order chi connectivity index (χ0) is 12.3. The molecule has 0 saturated heterocycles. The summed E-state index contributed by atoms with van der Waals surface area (Å²) in [6, 6.07) is 10.1. The van der Waals surface area contributed by atoms with Crippen LogP contribution in [0.4, 0.5) is 0 Å². The number of benzene rings is 1. The number of hydrogen-bond donors (Lipinski definition) is 1. The summed E-state index contributed by atoms with van der Waals surface area (Å²) < 4.78 is 2.08. The lowest BCUT2D eigenvalue weighted by molar-refractivity contribution is 0.178. The van der Waals surface area contributed by atoms with Crippen LogP contribution in [0.15, 0.2) is 47.2 Å². The van der Waals surface area contributed by atoms with Crippen LogP contribution in [0, 0.1) is 3.57 Å². The average Bonchev–Trinajstić information content (AvgIpc) is 2.32. The molecule has 0 aliphatic carbocycles. The fourth-order valence-corrected chi connectivity index (χ4v) is 2.31. The van der Waals surface area contributed by atoms with E-state index in [0.717, 1.165) is 15.6 Å². The van der Waals surface area contributed by atoms with Gasteiger partial charge < -0.3 is 5.11 Å². The van der Waals surface area contributed by atoms with Crippen LogP contribution < -0.4 is 0 Å². The molecular weight excluding hydrogens is 393 g/mol. The Bertz CT molecular complexity index is 501. The molecule has 4 heteroatoms. The second-order valence-corrected chi connectivity index (χ2v) is 5.94. The van der Waals surface area contributed by atoms with Gasteiger partial charge in [-0.25, -0.2) is 0 Å². The molecule has 0 spiro atoms. The molecule has 1 N–H and O–H groups in total. The Labute approximate surface area is 122 Å². The molecule has 0 aliphatic rings. The lowest BCUT2D eigenvalue weighted by Gasteiger charge is -2.11. The van der Waals surface area contributed by atoms with Crippen molar-refractivity contribution in [1.82, 2.24) is 4.98 Å². The van der Waals surface area contributed by atoms with Crippen molar-refractivity contribution >= 4 is 38.5 Å². The molecule has 1 atom stereocenters. The van der Waals surface area contributed by atoms with E-state index in [0.29, 0.717) is 6.42 Å². The summed E-state index contributed by atoms with van der Waals surface area (Å²) in [4.78, 5) is 4.05. The first-order valence-corrected chi connectivity index (χ1v) is 7.05. The fourth-order valence-electron chi connectivity index (χ4n) is 1.57. The number of rotatable bonds is 3. The van der Waals surface area contributed by atoms with Crippen molar-refractivity contribution in [2.24, 2.45) is 0 Å². The molecule has 17 heavy (non-hydrogen) atoms. The molecule has 88 valence electrons. The quantitative estimate of drug-likeness (QED) is 0.792. The van der Waals surface area contributed by atoms with E-state index in [1.807, 2.05) is 30.3 Å². The van der Waals surface area contributed by atoms with Crippen molar-refractivity contribution in [3.8, 4) is 0 Å². The molecule has 1 heterocycles. The summed E-state index contributed by atoms with van der Waals surface area (Å²) in [5.41, 5.74) is 1.95. The summed E-state index contributed by atoms with van der Waals surface area (Å²) in [5, 5.41) is 10.1. The predicted octanol–water partition coefficient (Wildman–Crippen LogP) is 3.72. The van der Waals surface area contributed by atoms with Crippen LogP contribution in [0.1, 0.15) is 17.2 Å². The van der Waals surface area contributed by atoms with Crippen molar-refractivity contribution in [2.75, 3.05) is 0 Å². The van der Waals surface area contributed by atoms with Gasteiger partial charge in [0.1, 0.15) is 0 Å². The third-order valence-electron chi connectivity index (χ3n) is 2.45. The summed E-state index contributed by atoms with van der Waals surface area (Å²) in [7, 11) is 0. The number of aliphatic hydroxyl groups excluding tert-OH is 1. The number of halogens is 2. The van der Waals surface area contributed by atoms with Gasteiger partial charge in [0.15, 0.2) is 0 Å². The Hall–Kier alpha value is -0.460. The highest BCUT2D eigenvalue weighted by Gasteiger charge is 2.09. The van der Waals surface area contributed by atoms with E-state index in [9.17, 15) is 5.11 Å². The molecule has 0 saturated carbocycles. The van der Waals surface area contributed by atoms with Gasteiger partial charge in [0.2, 0.25) is 0 Å². The van der Waals surface area contributed by atoms with Crippen molar-refractivity contribution in [3.05, 3.63) is 61.9 Å². The van der Waals surface area contributed by atoms with E-state index in [-0.39, 0.29) is 0 Å². The van der Waals surface area contributed by atoms with Crippen molar-refractivity contribution in [1.29, 1.82) is 0 Å². The predicted molar refractivity (Wildman–Crippen MR) is 79.8 cm³/mol. The van der Waals surface area contributed by atoms with E-state index in [1.54, 1.807) is 12.4 Å². The third kappa shape index (κ3) is 3.76. The Kier molecular flexibility index (Phi) is 4.53. The first kappa shape index (κ1) is 13.0. The van der Waals surface area contributed by atoms with E-state index in [4.69, 9.17) is 0 Å². The minimum atomic E-state index is -0.514. The van der Waals surface area contributed by atoms with Gasteiger partial charge in [-0.3, -0.25) is 4.98 Å². The highest BCUT2D eigenvalue weighted by molar-refractivity contribution is 14.1. The van der Waals surface area contributed by atoms with Crippen LogP contribution in [0.3, 0.4) is 0 Å². The number of aliphatic hydroxyl groups is 1. The Balaban J connectivity index is 2.11. The van der Waals surface area contributed by atoms with Gasteiger partial charge in [-0.05, 0) is 62.3 Å². The summed E-state index contributed by atoms with van der Waals surface area (Å²) in [6.45, 7) is 0. The zero-order valence-corrected chi connectivity index (χ0v) is 12.7. The minimum Gasteiger partial charge on any atom is -0.388 e. The van der Waals surface area contributed by atoms with Crippen LogP contribution in [-0.4, -0.2) is 10.1 Å². The number of aromatic nitrogens is 1. The minimum absolute atomic E-state index is 0.514. The van der Waals surface area contributed by atoms with Gasteiger partial charge >= 0.3 is 0 Å². The number of hydrogen-bond acceptors (Lipinski definition) is 2. The summed E-state index contributed by atoms with van der Waals surface area (Å²) in [6.07, 6.45) is 3.50. The zero-order valence-electron chi connectivity index (χ0n) is 8.98. The molecule has 0 bridgehead atoms. The Morgan fingerprint density at radius 2 is 1.94 bits per heavy atom. The first-order chi connectivity index (χ1) is 8.15. The van der Waals surface area contributed by atoms with Crippen molar-refractivity contribution < 1.29 is 5.11 Å². The highest BCUT2D eigenvalue weighted by Crippen LogP contribution is 2.20. The lowest BCUT2D eigenvalue weighted by Crippen LogP contribution is -2.02. The molecular formula is C13H11BrINO. The topological polar surface area (TPSA) is 33.1 Å². The maximum atomic E-state index is 10.1. The van der Waals surface area contributed by atoms with E-state index in [1.165, 1.54) is 3.57 Å². The monoisotopic (exact) mass is 403 g/mol. The molecule has 1 aromatic heterocycles. The van der Waals surface area contributed by atoms with E-state index in [2.05, 4.69) is 43.5 Å². The molecule has 0 amide bonds. The van der Waals surface area contributed by atoms with Crippen LogP contribution in [0.25, 0.3) is 0 Å². The highest BCUT2D eigenvalue weighted by atomic mass is 127. The molecule has 2 nitrogen and oxygen atoms in total. The fraction of sp³-hybridized carbons (Fsp3) is 0.154. The normalized spacial score (nSPS) is 12.4. The van der Waals surface area contributed by atoms with Gasteiger partial charge in [-0.2, -0.15) is 0 Å². The molecule has 1 unspecified atom stereocenters. The number of nitrogens with zero attached hydrogens (tertiary/aromatic N) is 1. The van der Waals surface area contributed by atoms with Crippen molar-refractivity contribution in [2.45, 2.75) is 12.5 Å². The molecule has 2 aromatic rings. The van der Waals surface area contributed by atoms with Gasteiger partial charge in [0.05, 0.1) is 6.10 Å².